The first-order chi connectivity index (χ1) is 15.9. The first-order valence-electron chi connectivity index (χ1n) is 10.8. The molecule has 0 saturated carbocycles. The van der Waals surface area contributed by atoms with Crippen LogP contribution in [0.2, 0.25) is 0 Å². The zero-order chi connectivity index (χ0) is 24.0. The molecule has 3 heterocycles. The second-order valence-electron chi connectivity index (χ2n) is 7.60. The van der Waals surface area contributed by atoms with Crippen molar-refractivity contribution in [2.24, 2.45) is 0 Å². The van der Waals surface area contributed by atoms with E-state index in [4.69, 9.17) is 14.2 Å². The Hall–Kier alpha value is -3.27. The van der Waals surface area contributed by atoms with Gasteiger partial charge in [0.1, 0.15) is 37.3 Å². The number of unbranched alkanes of at least 4 members (excludes halogenated alkanes) is 2. The highest BCUT2D eigenvalue weighted by molar-refractivity contribution is 5.88. The molecule has 0 aromatic carbocycles. The molecule has 0 spiro atoms. The monoisotopic (exact) mass is 461 g/mol. The summed E-state index contributed by atoms with van der Waals surface area (Å²) in [5.74, 6) is -0.422. The number of rotatable bonds is 9. The molecule has 1 aliphatic rings. The second kappa shape index (κ2) is 10.6. The van der Waals surface area contributed by atoms with Gasteiger partial charge in [-0.3, -0.25) is 14.5 Å². The number of aromatic nitrogens is 3. The van der Waals surface area contributed by atoms with Crippen molar-refractivity contribution in [1.82, 2.24) is 14.6 Å². The Labute approximate surface area is 190 Å². The van der Waals surface area contributed by atoms with E-state index in [1.165, 1.54) is 16.8 Å². The summed E-state index contributed by atoms with van der Waals surface area (Å²) in [7, 11) is 0. The Balaban J connectivity index is 1.84. The lowest BCUT2D eigenvalue weighted by atomic mass is 9.92. The molecule has 4 atom stereocenters. The van der Waals surface area contributed by atoms with Gasteiger partial charge < -0.3 is 24.4 Å². The molecule has 3 N–H and O–H groups in total. The molecule has 0 unspecified atom stereocenters. The summed E-state index contributed by atoms with van der Waals surface area (Å²) in [5.41, 5.74) is -1.45. The summed E-state index contributed by atoms with van der Waals surface area (Å²) >= 11 is 0. The summed E-state index contributed by atoms with van der Waals surface area (Å²) < 4.78 is 17.3. The number of anilines is 1. The molecule has 1 amide bonds. The summed E-state index contributed by atoms with van der Waals surface area (Å²) in [5, 5.41) is 41.4. The van der Waals surface area contributed by atoms with Gasteiger partial charge in [0.25, 0.3) is 0 Å². The van der Waals surface area contributed by atoms with Crippen LogP contribution >= 0.6 is 0 Å². The first-order valence-corrected chi connectivity index (χ1v) is 10.8. The number of fused-ring (bicyclic) bond motifs is 1. The maximum absolute atomic E-state index is 12.1. The van der Waals surface area contributed by atoms with E-state index in [0.29, 0.717) is 5.52 Å². The molecule has 33 heavy (non-hydrogen) atoms. The zero-order valence-electron chi connectivity index (χ0n) is 18.4. The van der Waals surface area contributed by atoms with Crippen LogP contribution in [0.5, 0.6) is 0 Å². The van der Waals surface area contributed by atoms with Crippen molar-refractivity contribution in [3.8, 4) is 6.07 Å². The van der Waals surface area contributed by atoms with Gasteiger partial charge in [-0.05, 0) is 18.6 Å². The Morgan fingerprint density at radius 3 is 2.79 bits per heavy atom. The van der Waals surface area contributed by atoms with Gasteiger partial charge in [-0.2, -0.15) is 5.26 Å². The zero-order valence-corrected chi connectivity index (χ0v) is 18.4. The molecule has 3 rings (SSSR count). The van der Waals surface area contributed by atoms with Crippen molar-refractivity contribution >= 4 is 23.4 Å². The fraction of sp³-hybridized carbons (Fsp3) is 0.571. The van der Waals surface area contributed by atoms with Gasteiger partial charge in [-0.25, -0.2) is 4.79 Å². The number of esters is 1. The Kier molecular flexibility index (Phi) is 7.80. The van der Waals surface area contributed by atoms with Gasteiger partial charge in [-0.15, -0.1) is 10.2 Å². The number of aliphatic hydroxyl groups is 2. The second-order valence-corrected chi connectivity index (χ2v) is 7.60. The van der Waals surface area contributed by atoms with Crippen molar-refractivity contribution in [2.75, 3.05) is 18.5 Å². The molecule has 0 aliphatic carbocycles. The Morgan fingerprint density at radius 1 is 1.30 bits per heavy atom. The molecular weight excluding hydrogens is 434 g/mol. The molecule has 12 nitrogen and oxygen atoms in total. The molecule has 2 aromatic heterocycles. The van der Waals surface area contributed by atoms with Crippen LogP contribution in [0.1, 0.15) is 45.2 Å². The predicted octanol–water partition coefficient (Wildman–Crippen LogP) is 1.26. The number of ether oxygens (including phenoxy) is 3. The normalized spacial score (nSPS) is 24.4. The molecule has 1 aliphatic heterocycles. The van der Waals surface area contributed by atoms with Crippen LogP contribution in [0, 0.1) is 11.3 Å². The third kappa shape index (κ3) is 4.90. The van der Waals surface area contributed by atoms with E-state index in [9.17, 15) is 25.1 Å². The van der Waals surface area contributed by atoms with E-state index in [-0.39, 0.29) is 31.1 Å². The van der Waals surface area contributed by atoms with Gasteiger partial charge >= 0.3 is 12.1 Å². The van der Waals surface area contributed by atoms with Crippen LogP contribution in [0.3, 0.4) is 0 Å². The lowest BCUT2D eigenvalue weighted by Gasteiger charge is -2.24. The summed E-state index contributed by atoms with van der Waals surface area (Å²) in [6.45, 7) is 3.59. The minimum Gasteiger partial charge on any atom is -0.463 e. The van der Waals surface area contributed by atoms with Crippen LogP contribution in [-0.4, -0.2) is 68.4 Å². The number of aliphatic hydroxyl groups excluding tert-OH is 2. The largest absolute Gasteiger partial charge is 0.463 e. The summed E-state index contributed by atoms with van der Waals surface area (Å²) in [6, 6.07) is 4.98. The van der Waals surface area contributed by atoms with Crippen LogP contribution < -0.4 is 5.32 Å². The van der Waals surface area contributed by atoms with E-state index < -0.39 is 36.0 Å². The van der Waals surface area contributed by atoms with Crippen molar-refractivity contribution in [2.45, 2.75) is 63.4 Å². The molecular formula is C21H27N5O7. The van der Waals surface area contributed by atoms with Gasteiger partial charge in [0.05, 0.1) is 17.8 Å². The number of carbonyl (C=O) groups is 2. The van der Waals surface area contributed by atoms with E-state index in [1.807, 2.05) is 13.0 Å². The van der Waals surface area contributed by atoms with E-state index in [1.54, 1.807) is 13.0 Å². The van der Waals surface area contributed by atoms with Crippen LogP contribution in [0.25, 0.3) is 5.52 Å². The predicted molar refractivity (Wildman–Crippen MR) is 113 cm³/mol. The topological polar surface area (TPSA) is 168 Å². The Morgan fingerprint density at radius 2 is 2.09 bits per heavy atom. The number of hydrogen-bond acceptors (Lipinski definition) is 10. The van der Waals surface area contributed by atoms with Gasteiger partial charge in [0, 0.05) is 6.42 Å². The van der Waals surface area contributed by atoms with Gasteiger partial charge in [-0.1, -0.05) is 26.7 Å². The molecule has 12 heteroatoms. The van der Waals surface area contributed by atoms with Crippen molar-refractivity contribution in [3.05, 3.63) is 24.2 Å². The standard InChI is InChI=1S/C21H27N5O7/c1-3-5-6-9-31-20(30)24-19-13-7-8-15(26(13)12-23-25-19)21(11-22)18(29)17(28)14(33-21)10-32-16(27)4-2/h7-8,12,14,17-18,28-29H,3-6,9-10H2,1-2H3,(H,24,25,30)/t14-,17-,18-,21+/m1/s1. The SMILES string of the molecule is CCCCCOC(=O)Nc1nncn2c([C@]3(C#N)O[C@H](COC(=O)CC)[C@@H](O)[C@H]3O)ccc12. The molecule has 1 saturated heterocycles. The van der Waals surface area contributed by atoms with E-state index in [0.717, 1.165) is 19.3 Å². The Bertz CT molecular complexity index is 1040. The van der Waals surface area contributed by atoms with Crippen LogP contribution in [-0.2, 0) is 24.6 Å². The summed E-state index contributed by atoms with van der Waals surface area (Å²) in [6.07, 6.45) is -0.845. The maximum Gasteiger partial charge on any atom is 0.412 e. The van der Waals surface area contributed by atoms with Crippen LogP contribution in [0.15, 0.2) is 18.5 Å². The number of carbonyl (C=O) groups excluding carboxylic acids is 2. The van der Waals surface area contributed by atoms with E-state index in [2.05, 4.69) is 15.5 Å². The average molecular weight is 461 g/mol. The van der Waals surface area contributed by atoms with Crippen molar-refractivity contribution < 1.29 is 34.0 Å². The molecule has 1 fully saturated rings. The number of nitriles is 1. The highest BCUT2D eigenvalue weighted by atomic mass is 16.6. The number of amides is 1. The highest BCUT2D eigenvalue weighted by Gasteiger charge is 2.57. The highest BCUT2D eigenvalue weighted by Crippen LogP contribution is 2.40. The number of hydrogen-bond donors (Lipinski definition) is 3. The quantitative estimate of drug-likeness (QED) is 0.365. The van der Waals surface area contributed by atoms with Gasteiger partial charge in [0.15, 0.2) is 5.82 Å². The number of nitrogens with zero attached hydrogens (tertiary/aromatic N) is 4. The molecule has 2 aromatic rings. The maximum atomic E-state index is 12.1. The molecule has 0 bridgehead atoms. The van der Waals surface area contributed by atoms with Crippen LogP contribution in [0.4, 0.5) is 10.6 Å². The minimum atomic E-state index is -1.98. The van der Waals surface area contributed by atoms with Crippen molar-refractivity contribution in [3.63, 3.8) is 0 Å². The fourth-order valence-corrected chi connectivity index (χ4v) is 3.59. The smallest absolute Gasteiger partial charge is 0.412 e. The molecule has 178 valence electrons. The lowest BCUT2D eigenvalue weighted by Crippen LogP contribution is -2.40. The average Bonchev–Trinajstić information content (AvgIpc) is 3.36. The van der Waals surface area contributed by atoms with E-state index >= 15 is 0 Å². The van der Waals surface area contributed by atoms with Gasteiger partial charge in [0.2, 0.25) is 5.60 Å². The number of nitrogens with one attached hydrogen (secondary N) is 1. The first kappa shape index (κ1) is 24.4. The lowest BCUT2D eigenvalue weighted by molar-refractivity contribution is -0.150. The summed E-state index contributed by atoms with van der Waals surface area (Å²) in [4.78, 5) is 23.6. The molecule has 0 radical (unpaired) electrons. The fourth-order valence-electron chi connectivity index (χ4n) is 3.59. The van der Waals surface area contributed by atoms with Crippen molar-refractivity contribution in [1.29, 1.82) is 5.26 Å². The third-order valence-corrected chi connectivity index (χ3v) is 5.39. The third-order valence-electron chi connectivity index (χ3n) is 5.39. The minimum absolute atomic E-state index is 0.0822.